The van der Waals surface area contributed by atoms with Crippen LogP contribution in [0.5, 0.6) is 0 Å². The third-order valence-corrected chi connectivity index (χ3v) is 3.63. The Morgan fingerprint density at radius 2 is 2.06 bits per heavy atom. The number of methoxy groups -OCH3 is 2. The van der Waals surface area contributed by atoms with Gasteiger partial charge in [0.1, 0.15) is 5.54 Å². The second-order valence-electron chi connectivity index (χ2n) is 4.06. The largest absolute Gasteiger partial charge is 0.468 e. The van der Waals surface area contributed by atoms with E-state index in [4.69, 9.17) is 9.47 Å². The highest BCUT2D eigenvalue weighted by Gasteiger charge is 2.32. The fourth-order valence-corrected chi connectivity index (χ4v) is 2.49. The number of nitrogens with one attached hydrogen (secondary N) is 1. The molecule has 102 valence electrons. The van der Waals surface area contributed by atoms with Crippen molar-refractivity contribution in [3.63, 3.8) is 0 Å². The van der Waals surface area contributed by atoms with Crippen LogP contribution >= 0.6 is 11.8 Å². The Labute approximate surface area is 109 Å². The maximum absolute atomic E-state index is 11.7. The number of likely N-dealkylation sites (N-methyl/N-ethyl adjacent to an activating group) is 1. The van der Waals surface area contributed by atoms with Gasteiger partial charge in [-0.05, 0) is 32.1 Å². The van der Waals surface area contributed by atoms with E-state index in [0.717, 1.165) is 37.5 Å². The van der Waals surface area contributed by atoms with E-state index in [-0.39, 0.29) is 5.97 Å². The van der Waals surface area contributed by atoms with Crippen LogP contribution in [0.1, 0.15) is 26.7 Å². The van der Waals surface area contributed by atoms with Crippen LogP contribution in [0.15, 0.2) is 0 Å². The Kier molecular flexibility index (Phi) is 9.59. The van der Waals surface area contributed by atoms with Gasteiger partial charge >= 0.3 is 5.97 Å². The molecule has 5 heteroatoms. The first-order valence-electron chi connectivity index (χ1n) is 6.00. The monoisotopic (exact) mass is 263 g/mol. The molecule has 0 spiro atoms. The molecule has 0 amide bonds. The standard InChI is InChI=1S/C12H25NO3S/c1-5-13-12(2,11(14)16-4)7-6-9-17-10-8-15-3/h13H,5-10H2,1-4H3. The topological polar surface area (TPSA) is 47.6 Å². The predicted molar refractivity (Wildman–Crippen MR) is 72.5 cm³/mol. The third-order valence-electron chi connectivity index (χ3n) is 2.60. The van der Waals surface area contributed by atoms with Crippen LogP contribution in [0, 0.1) is 0 Å². The van der Waals surface area contributed by atoms with Crippen molar-refractivity contribution in [3.05, 3.63) is 0 Å². The van der Waals surface area contributed by atoms with Crippen molar-refractivity contribution in [3.8, 4) is 0 Å². The summed E-state index contributed by atoms with van der Waals surface area (Å²) in [4.78, 5) is 11.7. The number of carbonyl (C=O) groups is 1. The molecule has 0 aromatic carbocycles. The van der Waals surface area contributed by atoms with Gasteiger partial charge in [0.25, 0.3) is 0 Å². The minimum atomic E-state index is -0.550. The van der Waals surface area contributed by atoms with Crippen molar-refractivity contribution >= 4 is 17.7 Å². The minimum Gasteiger partial charge on any atom is -0.468 e. The van der Waals surface area contributed by atoms with Gasteiger partial charge in [-0.25, -0.2) is 0 Å². The molecule has 0 aliphatic carbocycles. The maximum Gasteiger partial charge on any atom is 0.325 e. The Morgan fingerprint density at radius 1 is 1.35 bits per heavy atom. The first kappa shape index (κ1) is 16.7. The van der Waals surface area contributed by atoms with E-state index in [9.17, 15) is 4.79 Å². The lowest BCUT2D eigenvalue weighted by Crippen LogP contribution is -2.50. The van der Waals surface area contributed by atoms with Crippen molar-refractivity contribution in [1.29, 1.82) is 0 Å². The smallest absolute Gasteiger partial charge is 0.325 e. The van der Waals surface area contributed by atoms with Gasteiger partial charge in [0.05, 0.1) is 13.7 Å². The maximum atomic E-state index is 11.7. The van der Waals surface area contributed by atoms with Crippen LogP contribution in [0.4, 0.5) is 0 Å². The van der Waals surface area contributed by atoms with Gasteiger partial charge in [0.2, 0.25) is 0 Å². The summed E-state index contributed by atoms with van der Waals surface area (Å²) in [5.74, 6) is 1.87. The van der Waals surface area contributed by atoms with E-state index in [2.05, 4.69) is 5.32 Å². The van der Waals surface area contributed by atoms with Crippen LogP contribution in [0.3, 0.4) is 0 Å². The average molecular weight is 263 g/mol. The zero-order valence-corrected chi connectivity index (χ0v) is 12.2. The molecule has 1 atom stereocenters. The van der Waals surface area contributed by atoms with Gasteiger partial charge in [-0.15, -0.1) is 0 Å². The number of esters is 1. The van der Waals surface area contributed by atoms with Gasteiger partial charge in [-0.3, -0.25) is 4.79 Å². The molecule has 4 nitrogen and oxygen atoms in total. The SMILES string of the molecule is CCNC(C)(CCCSCCOC)C(=O)OC. The second kappa shape index (κ2) is 9.74. The number of rotatable bonds is 10. The molecule has 0 aromatic heterocycles. The molecule has 1 N–H and O–H groups in total. The van der Waals surface area contributed by atoms with Crippen molar-refractivity contribution in [1.82, 2.24) is 5.32 Å². The summed E-state index contributed by atoms with van der Waals surface area (Å²) < 4.78 is 9.81. The highest BCUT2D eigenvalue weighted by molar-refractivity contribution is 7.99. The van der Waals surface area contributed by atoms with Gasteiger partial charge in [0.15, 0.2) is 0 Å². The molecule has 0 aromatic rings. The van der Waals surface area contributed by atoms with E-state index in [1.807, 2.05) is 25.6 Å². The van der Waals surface area contributed by atoms with E-state index < -0.39 is 5.54 Å². The quantitative estimate of drug-likeness (QED) is 0.480. The molecular formula is C12H25NO3S. The summed E-state index contributed by atoms with van der Waals surface area (Å²) in [7, 11) is 3.14. The first-order valence-corrected chi connectivity index (χ1v) is 7.16. The lowest BCUT2D eigenvalue weighted by molar-refractivity contribution is -0.148. The average Bonchev–Trinajstić information content (AvgIpc) is 2.33. The molecule has 1 unspecified atom stereocenters. The summed E-state index contributed by atoms with van der Waals surface area (Å²) in [6.45, 7) is 5.45. The Hall–Kier alpha value is -0.260. The Bertz CT molecular complexity index is 214. The molecule has 0 fully saturated rings. The first-order chi connectivity index (χ1) is 8.10. The van der Waals surface area contributed by atoms with Crippen LogP contribution in [-0.4, -0.2) is 50.4 Å². The molecule has 0 saturated carbocycles. The summed E-state index contributed by atoms with van der Waals surface area (Å²) >= 11 is 1.85. The van der Waals surface area contributed by atoms with Crippen LogP contribution in [-0.2, 0) is 14.3 Å². The highest BCUT2D eigenvalue weighted by atomic mass is 32.2. The third kappa shape index (κ3) is 6.91. The van der Waals surface area contributed by atoms with Crippen LogP contribution in [0.2, 0.25) is 0 Å². The van der Waals surface area contributed by atoms with Crippen LogP contribution < -0.4 is 5.32 Å². The highest BCUT2D eigenvalue weighted by Crippen LogP contribution is 2.16. The van der Waals surface area contributed by atoms with Gasteiger partial charge in [-0.1, -0.05) is 6.92 Å². The van der Waals surface area contributed by atoms with E-state index >= 15 is 0 Å². The van der Waals surface area contributed by atoms with E-state index in [1.165, 1.54) is 7.11 Å². The van der Waals surface area contributed by atoms with E-state index in [1.54, 1.807) is 7.11 Å². The summed E-state index contributed by atoms with van der Waals surface area (Å²) in [6.07, 6.45) is 1.79. The minimum absolute atomic E-state index is 0.179. The van der Waals surface area contributed by atoms with Crippen molar-refractivity contribution in [2.24, 2.45) is 0 Å². The lowest BCUT2D eigenvalue weighted by atomic mass is 9.96. The van der Waals surface area contributed by atoms with Gasteiger partial charge < -0.3 is 14.8 Å². The second-order valence-corrected chi connectivity index (χ2v) is 5.29. The Morgan fingerprint density at radius 3 is 2.59 bits per heavy atom. The molecule has 0 bridgehead atoms. The lowest BCUT2D eigenvalue weighted by Gasteiger charge is -2.27. The molecule has 0 heterocycles. The molecular weight excluding hydrogens is 238 g/mol. The van der Waals surface area contributed by atoms with Crippen molar-refractivity contribution in [2.45, 2.75) is 32.2 Å². The zero-order chi connectivity index (χ0) is 13.1. The van der Waals surface area contributed by atoms with Crippen molar-refractivity contribution in [2.75, 3.05) is 38.9 Å². The molecule has 0 rings (SSSR count). The number of hydrogen-bond donors (Lipinski definition) is 1. The van der Waals surface area contributed by atoms with Crippen LogP contribution in [0.25, 0.3) is 0 Å². The fourth-order valence-electron chi connectivity index (χ4n) is 1.65. The molecule has 0 radical (unpaired) electrons. The molecule has 0 aliphatic heterocycles. The molecule has 17 heavy (non-hydrogen) atoms. The predicted octanol–water partition coefficient (Wildman–Crippen LogP) is 1.69. The fraction of sp³-hybridized carbons (Fsp3) is 0.917. The Balaban J connectivity index is 3.88. The normalized spacial score (nSPS) is 14.4. The number of ether oxygens (including phenoxy) is 2. The van der Waals surface area contributed by atoms with Gasteiger partial charge in [0, 0.05) is 12.9 Å². The number of carbonyl (C=O) groups excluding carboxylic acids is 1. The molecule has 0 aliphatic rings. The summed E-state index contributed by atoms with van der Waals surface area (Å²) in [5, 5.41) is 3.20. The van der Waals surface area contributed by atoms with Crippen molar-refractivity contribution < 1.29 is 14.3 Å². The number of hydrogen-bond acceptors (Lipinski definition) is 5. The molecule has 0 saturated heterocycles. The zero-order valence-electron chi connectivity index (χ0n) is 11.4. The van der Waals surface area contributed by atoms with Gasteiger partial charge in [-0.2, -0.15) is 11.8 Å². The number of thioether (sulfide) groups is 1. The summed E-state index contributed by atoms with van der Waals surface area (Å²) in [6, 6.07) is 0. The summed E-state index contributed by atoms with van der Waals surface area (Å²) in [5.41, 5.74) is -0.550. The van der Waals surface area contributed by atoms with E-state index in [0.29, 0.717) is 0 Å².